The average molecular weight is 397 g/mol. The van der Waals surface area contributed by atoms with Crippen LogP contribution in [0.2, 0.25) is 0 Å². The number of nitrogens with zero attached hydrogens (tertiary/aromatic N) is 3. The Balaban J connectivity index is 1.33. The number of thiazole rings is 1. The van der Waals surface area contributed by atoms with Gasteiger partial charge >= 0.3 is 6.03 Å². The van der Waals surface area contributed by atoms with E-state index in [1.807, 2.05) is 41.3 Å². The number of carbonyl (C=O) groups is 1. The molecular formula is C21H24N4O2S. The largest absolute Gasteiger partial charge is 0.497 e. The summed E-state index contributed by atoms with van der Waals surface area (Å²) in [6.07, 6.45) is 0.962. The van der Waals surface area contributed by atoms with Crippen LogP contribution in [0.25, 0.3) is 10.2 Å². The number of rotatable bonds is 4. The van der Waals surface area contributed by atoms with Crippen molar-refractivity contribution >= 4 is 32.7 Å². The van der Waals surface area contributed by atoms with Crippen molar-refractivity contribution in [2.45, 2.75) is 13.0 Å². The Labute approximate surface area is 168 Å². The molecule has 146 valence electrons. The molecule has 4 rings (SSSR count). The maximum absolute atomic E-state index is 12.7. The molecule has 2 heterocycles. The first-order valence-corrected chi connectivity index (χ1v) is 10.3. The van der Waals surface area contributed by atoms with Crippen LogP contribution in [0, 0.1) is 0 Å². The lowest BCUT2D eigenvalue weighted by Gasteiger charge is -2.22. The molecule has 1 aromatic heterocycles. The molecule has 0 aliphatic carbocycles. The van der Waals surface area contributed by atoms with Crippen molar-refractivity contribution in [2.75, 3.05) is 38.6 Å². The normalized spacial score (nSPS) is 15.4. The lowest BCUT2D eigenvalue weighted by atomic mass is 10.2. The lowest BCUT2D eigenvalue weighted by Crippen LogP contribution is -2.38. The fraction of sp³-hybridized carbons (Fsp3) is 0.333. The van der Waals surface area contributed by atoms with Crippen LogP contribution >= 0.6 is 11.3 Å². The van der Waals surface area contributed by atoms with E-state index in [-0.39, 0.29) is 6.03 Å². The topological polar surface area (TPSA) is 57.7 Å². The summed E-state index contributed by atoms with van der Waals surface area (Å²) in [4.78, 5) is 21.5. The van der Waals surface area contributed by atoms with Gasteiger partial charge in [0.1, 0.15) is 5.75 Å². The molecule has 0 spiro atoms. The summed E-state index contributed by atoms with van der Waals surface area (Å²) in [5, 5.41) is 3.63. The highest BCUT2D eigenvalue weighted by Crippen LogP contribution is 2.25. The number of aromatic nitrogens is 1. The number of nitrogens with one attached hydrogen (secondary N) is 1. The Hall–Kier alpha value is -2.64. The van der Waals surface area contributed by atoms with E-state index in [1.165, 1.54) is 16.9 Å². The Morgan fingerprint density at radius 3 is 2.71 bits per heavy atom. The number of methoxy groups -OCH3 is 1. The molecule has 0 bridgehead atoms. The quantitative estimate of drug-likeness (QED) is 0.723. The second kappa shape index (κ2) is 8.58. The van der Waals surface area contributed by atoms with Gasteiger partial charge in [-0.05, 0) is 36.2 Å². The van der Waals surface area contributed by atoms with Gasteiger partial charge in [-0.25, -0.2) is 9.78 Å². The lowest BCUT2D eigenvalue weighted by molar-refractivity contribution is 0.211. The predicted molar refractivity (Wildman–Crippen MR) is 113 cm³/mol. The highest BCUT2D eigenvalue weighted by atomic mass is 32.1. The van der Waals surface area contributed by atoms with E-state index in [9.17, 15) is 4.79 Å². The number of hydrogen-bond acceptors (Lipinski definition) is 5. The van der Waals surface area contributed by atoms with Gasteiger partial charge in [-0.15, -0.1) is 0 Å². The number of urea groups is 1. The molecular weight excluding hydrogens is 372 g/mol. The number of carbonyl (C=O) groups excluding carboxylic acids is 1. The fourth-order valence-electron chi connectivity index (χ4n) is 3.42. The number of benzene rings is 2. The maximum atomic E-state index is 12.7. The van der Waals surface area contributed by atoms with Gasteiger partial charge in [0.15, 0.2) is 5.13 Å². The monoisotopic (exact) mass is 396 g/mol. The van der Waals surface area contributed by atoms with Gasteiger partial charge in [0.05, 0.1) is 17.3 Å². The Kier molecular flexibility index (Phi) is 5.73. The zero-order valence-electron chi connectivity index (χ0n) is 15.9. The number of hydrogen-bond donors (Lipinski definition) is 1. The predicted octanol–water partition coefficient (Wildman–Crippen LogP) is 4.04. The van der Waals surface area contributed by atoms with E-state index >= 15 is 0 Å². The first-order valence-electron chi connectivity index (χ1n) is 9.48. The Morgan fingerprint density at radius 2 is 1.93 bits per heavy atom. The van der Waals surface area contributed by atoms with Crippen molar-refractivity contribution in [3.63, 3.8) is 0 Å². The standard InChI is InChI=1S/C21H24N4O2S/c1-27-17-9-7-16(8-10-17)15-24-11-4-12-25(14-13-24)21(26)23-20-22-18-5-2-3-6-19(18)28-20/h2-3,5-10H,4,11-15H2,1H3,(H,22,23,26). The SMILES string of the molecule is COc1ccc(CN2CCCN(C(=O)Nc3nc4ccccc4s3)CC2)cc1. The molecule has 6 nitrogen and oxygen atoms in total. The molecule has 1 N–H and O–H groups in total. The smallest absolute Gasteiger partial charge is 0.323 e. The summed E-state index contributed by atoms with van der Waals surface area (Å²) in [6.45, 7) is 4.20. The van der Waals surface area contributed by atoms with Crippen LogP contribution < -0.4 is 10.1 Å². The molecule has 28 heavy (non-hydrogen) atoms. The van der Waals surface area contributed by atoms with E-state index in [0.717, 1.165) is 48.6 Å². The zero-order valence-corrected chi connectivity index (χ0v) is 16.7. The van der Waals surface area contributed by atoms with Crippen LogP contribution in [0.5, 0.6) is 5.75 Å². The van der Waals surface area contributed by atoms with Crippen LogP contribution in [0.3, 0.4) is 0 Å². The third-order valence-corrected chi connectivity index (χ3v) is 5.90. The molecule has 1 fully saturated rings. The van der Waals surface area contributed by atoms with Crippen LogP contribution in [0.1, 0.15) is 12.0 Å². The Bertz CT molecular complexity index is 908. The Morgan fingerprint density at radius 1 is 1.11 bits per heavy atom. The van der Waals surface area contributed by atoms with Crippen LogP contribution in [-0.2, 0) is 6.54 Å². The van der Waals surface area contributed by atoms with Gasteiger partial charge in [0, 0.05) is 32.7 Å². The van der Waals surface area contributed by atoms with Crippen LogP contribution in [0.15, 0.2) is 48.5 Å². The van der Waals surface area contributed by atoms with E-state index in [1.54, 1.807) is 7.11 Å². The molecule has 2 aromatic carbocycles. The van der Waals surface area contributed by atoms with Gasteiger partial charge in [0.25, 0.3) is 0 Å². The third-order valence-electron chi connectivity index (χ3n) is 4.95. The number of amides is 2. The van der Waals surface area contributed by atoms with Crippen molar-refractivity contribution in [1.29, 1.82) is 0 Å². The summed E-state index contributed by atoms with van der Waals surface area (Å²) < 4.78 is 6.30. The number of anilines is 1. The molecule has 1 aliphatic rings. The molecule has 7 heteroatoms. The maximum Gasteiger partial charge on any atom is 0.323 e. The third kappa shape index (κ3) is 4.43. The second-order valence-corrected chi connectivity index (χ2v) is 7.91. The van der Waals surface area contributed by atoms with Crippen molar-refractivity contribution in [2.24, 2.45) is 0 Å². The first kappa shape index (κ1) is 18.7. The summed E-state index contributed by atoms with van der Waals surface area (Å²) in [7, 11) is 1.68. The zero-order chi connectivity index (χ0) is 19.3. The van der Waals surface area contributed by atoms with Gasteiger partial charge in [-0.1, -0.05) is 35.6 Å². The fourth-order valence-corrected chi connectivity index (χ4v) is 4.27. The second-order valence-electron chi connectivity index (χ2n) is 6.88. The summed E-state index contributed by atoms with van der Waals surface area (Å²) >= 11 is 1.51. The van der Waals surface area contributed by atoms with E-state index < -0.39 is 0 Å². The van der Waals surface area contributed by atoms with Gasteiger partial charge in [0.2, 0.25) is 0 Å². The number of fused-ring (bicyclic) bond motifs is 1. The van der Waals surface area contributed by atoms with Gasteiger partial charge in [-0.3, -0.25) is 10.2 Å². The highest BCUT2D eigenvalue weighted by molar-refractivity contribution is 7.22. The average Bonchev–Trinajstić information content (AvgIpc) is 2.97. The van der Waals surface area contributed by atoms with Gasteiger partial charge in [-0.2, -0.15) is 0 Å². The minimum absolute atomic E-state index is 0.0645. The van der Waals surface area contributed by atoms with Crippen molar-refractivity contribution in [3.8, 4) is 5.75 Å². The summed E-state index contributed by atoms with van der Waals surface area (Å²) in [5.74, 6) is 0.873. The van der Waals surface area contributed by atoms with Gasteiger partial charge < -0.3 is 9.64 Å². The number of para-hydroxylation sites is 1. The minimum Gasteiger partial charge on any atom is -0.497 e. The van der Waals surface area contributed by atoms with E-state index in [4.69, 9.17) is 4.74 Å². The number of ether oxygens (including phenoxy) is 1. The molecule has 2 amide bonds. The molecule has 0 atom stereocenters. The summed E-state index contributed by atoms with van der Waals surface area (Å²) in [5.41, 5.74) is 2.18. The molecule has 0 unspecified atom stereocenters. The van der Waals surface area contributed by atoms with Crippen LogP contribution in [0.4, 0.5) is 9.93 Å². The van der Waals surface area contributed by atoms with Crippen molar-refractivity contribution < 1.29 is 9.53 Å². The van der Waals surface area contributed by atoms with Crippen molar-refractivity contribution in [1.82, 2.24) is 14.8 Å². The molecule has 1 aliphatic heterocycles. The van der Waals surface area contributed by atoms with Crippen LogP contribution in [-0.4, -0.2) is 54.1 Å². The van der Waals surface area contributed by atoms with Crippen molar-refractivity contribution in [3.05, 3.63) is 54.1 Å². The minimum atomic E-state index is -0.0645. The first-order chi connectivity index (χ1) is 13.7. The molecule has 0 radical (unpaired) electrons. The van der Waals surface area contributed by atoms with E-state index in [2.05, 4.69) is 27.3 Å². The summed E-state index contributed by atoms with van der Waals surface area (Å²) in [6, 6.07) is 16.0. The highest BCUT2D eigenvalue weighted by Gasteiger charge is 2.20. The van der Waals surface area contributed by atoms with E-state index in [0.29, 0.717) is 11.7 Å². The molecule has 0 saturated carbocycles. The molecule has 1 saturated heterocycles. The molecule has 3 aromatic rings.